The molecule has 0 spiro atoms. The van der Waals surface area contributed by atoms with Crippen LogP contribution in [0.25, 0.3) is 0 Å². The molecule has 0 rings (SSSR count). The Kier molecular flexibility index (Phi) is 1.61. The summed E-state index contributed by atoms with van der Waals surface area (Å²) in [7, 11) is 0. The molecule has 0 aliphatic rings. The molecular weight excluding hydrogens is 112 g/mol. The van der Waals surface area contributed by atoms with Crippen LogP contribution in [0.2, 0.25) is 0 Å². The van der Waals surface area contributed by atoms with Crippen molar-refractivity contribution in [3.05, 3.63) is 6.92 Å². The first-order valence-corrected chi connectivity index (χ1v) is 1.46. The molecule has 7 heavy (non-hydrogen) atoms. The zero-order valence-electron chi connectivity index (χ0n) is 3.30. The van der Waals surface area contributed by atoms with Crippen LogP contribution in [0.5, 0.6) is 0 Å². The van der Waals surface area contributed by atoms with Crippen molar-refractivity contribution in [2.75, 3.05) is 0 Å². The van der Waals surface area contributed by atoms with Crippen LogP contribution in [0, 0.1) is 6.92 Å². The van der Waals surface area contributed by atoms with Gasteiger partial charge in [-0.3, -0.25) is 0 Å². The van der Waals surface area contributed by atoms with Crippen molar-refractivity contribution in [1.29, 1.82) is 0 Å². The predicted molar refractivity (Wildman–Crippen MR) is 16.3 cm³/mol. The van der Waals surface area contributed by atoms with Crippen molar-refractivity contribution in [3.8, 4) is 0 Å². The molecule has 0 fully saturated rings. The van der Waals surface area contributed by atoms with E-state index in [0.29, 0.717) is 0 Å². The average molecular weight is 115 g/mol. The minimum atomic E-state index is -4.08. The van der Waals surface area contributed by atoms with Crippen LogP contribution < -0.4 is 0 Å². The first-order chi connectivity index (χ1) is 2.94. The second-order valence-electron chi connectivity index (χ2n) is 1.06. The summed E-state index contributed by atoms with van der Waals surface area (Å²) in [6, 6.07) is 0. The van der Waals surface area contributed by atoms with Crippen molar-refractivity contribution < 1.29 is 17.6 Å². The molecule has 0 aliphatic heterocycles. The Morgan fingerprint density at radius 2 is 1.43 bits per heavy atom. The molecule has 0 atom stereocenters. The lowest BCUT2D eigenvalue weighted by molar-refractivity contribution is -0.0930. The Hall–Kier alpha value is -0.280. The van der Waals surface area contributed by atoms with Gasteiger partial charge in [-0.05, 0) is 0 Å². The lowest BCUT2D eigenvalue weighted by Gasteiger charge is -2.05. The molecule has 0 saturated heterocycles. The van der Waals surface area contributed by atoms with Gasteiger partial charge in [0.05, 0.1) is 0 Å². The number of halogens is 4. The third-order valence-corrected chi connectivity index (χ3v) is 0.319. The third-order valence-electron chi connectivity index (χ3n) is 0.319. The minimum absolute atomic E-state index is 1.89. The molecule has 43 valence electrons. The maximum Gasteiger partial charge on any atom is 0.307 e. The van der Waals surface area contributed by atoms with Crippen molar-refractivity contribution >= 4 is 0 Å². The summed E-state index contributed by atoms with van der Waals surface area (Å²) in [6.45, 7) is 1.89. The maximum atomic E-state index is 11.0. The fourth-order valence-corrected chi connectivity index (χ4v) is 0. The van der Waals surface area contributed by atoms with Gasteiger partial charge in [0.1, 0.15) is 0 Å². The van der Waals surface area contributed by atoms with Crippen LogP contribution in [0.4, 0.5) is 17.6 Å². The van der Waals surface area contributed by atoms with E-state index in [0.717, 1.165) is 0 Å². The van der Waals surface area contributed by atoms with Gasteiger partial charge in [-0.1, -0.05) is 0 Å². The summed E-state index contributed by atoms with van der Waals surface area (Å²) >= 11 is 0. The second-order valence-corrected chi connectivity index (χ2v) is 1.06. The number of rotatable bonds is 1. The topological polar surface area (TPSA) is 0 Å². The van der Waals surface area contributed by atoms with Crippen LogP contribution in [0.3, 0.4) is 0 Å². The Morgan fingerprint density at radius 1 is 1.29 bits per heavy atom. The molecule has 0 heterocycles. The van der Waals surface area contributed by atoms with Gasteiger partial charge in [0.2, 0.25) is 0 Å². The highest BCUT2D eigenvalue weighted by Gasteiger charge is 2.34. The van der Waals surface area contributed by atoms with E-state index in [1.807, 2.05) is 6.92 Å². The maximum absolute atomic E-state index is 11.0. The van der Waals surface area contributed by atoms with Gasteiger partial charge >= 0.3 is 12.3 Å². The quantitative estimate of drug-likeness (QED) is 0.456. The summed E-state index contributed by atoms with van der Waals surface area (Å²) < 4.78 is 43.4. The van der Waals surface area contributed by atoms with E-state index in [1.54, 1.807) is 0 Å². The van der Waals surface area contributed by atoms with Crippen molar-refractivity contribution in [2.24, 2.45) is 0 Å². The van der Waals surface area contributed by atoms with Gasteiger partial charge in [-0.2, -0.15) is 0 Å². The molecular formula is C3H3F4. The zero-order valence-corrected chi connectivity index (χ0v) is 3.30. The van der Waals surface area contributed by atoms with Gasteiger partial charge in [0.15, 0.2) is 0 Å². The molecule has 0 bridgehead atoms. The van der Waals surface area contributed by atoms with E-state index < -0.39 is 12.3 Å². The van der Waals surface area contributed by atoms with E-state index >= 15 is 0 Å². The molecule has 0 aromatic heterocycles. The van der Waals surface area contributed by atoms with Crippen LogP contribution >= 0.6 is 0 Å². The molecule has 0 amide bonds. The highest BCUT2D eigenvalue weighted by Crippen LogP contribution is 2.19. The lowest BCUT2D eigenvalue weighted by Crippen LogP contribution is -2.21. The number of alkyl halides is 4. The van der Waals surface area contributed by atoms with Crippen LogP contribution in [-0.4, -0.2) is 12.3 Å². The van der Waals surface area contributed by atoms with Gasteiger partial charge < -0.3 is 0 Å². The van der Waals surface area contributed by atoms with E-state index in [2.05, 4.69) is 0 Å². The van der Waals surface area contributed by atoms with Gasteiger partial charge in [-0.25, -0.2) is 17.6 Å². The smallest absolute Gasteiger partial charge is 0.204 e. The van der Waals surface area contributed by atoms with Crippen LogP contribution in [0.15, 0.2) is 0 Å². The van der Waals surface area contributed by atoms with Crippen LogP contribution in [-0.2, 0) is 0 Å². The van der Waals surface area contributed by atoms with E-state index in [4.69, 9.17) is 0 Å². The summed E-state index contributed by atoms with van der Waals surface area (Å²) in [6.07, 6.45) is -3.65. The number of hydrogen-bond donors (Lipinski definition) is 0. The Bertz CT molecular complexity index is 52.4. The molecule has 0 aliphatic carbocycles. The molecule has 0 aromatic carbocycles. The summed E-state index contributed by atoms with van der Waals surface area (Å²) in [5, 5.41) is 0. The summed E-state index contributed by atoms with van der Waals surface area (Å²) in [4.78, 5) is 0. The van der Waals surface area contributed by atoms with Crippen molar-refractivity contribution in [3.63, 3.8) is 0 Å². The van der Waals surface area contributed by atoms with E-state index in [-0.39, 0.29) is 0 Å². The standard InChI is InChI=1S/C3H3F4/c1-3(6,7)2(4)5/h2H,1H2. The fourth-order valence-electron chi connectivity index (χ4n) is 0. The number of hydrogen-bond acceptors (Lipinski definition) is 0. The van der Waals surface area contributed by atoms with Gasteiger partial charge in [-0.15, -0.1) is 0 Å². The fraction of sp³-hybridized carbons (Fsp3) is 0.667. The largest absolute Gasteiger partial charge is 0.307 e. The Labute approximate surface area is 38.1 Å². The second kappa shape index (κ2) is 1.68. The predicted octanol–water partition coefficient (Wildman–Crippen LogP) is 1.72. The lowest BCUT2D eigenvalue weighted by atomic mass is 10.4. The monoisotopic (exact) mass is 115 g/mol. The SMILES string of the molecule is [CH2]C(F)(F)C(F)F. The minimum Gasteiger partial charge on any atom is -0.204 e. The summed E-state index contributed by atoms with van der Waals surface area (Å²) in [5.41, 5.74) is 0. The van der Waals surface area contributed by atoms with Gasteiger partial charge in [0, 0.05) is 6.92 Å². The first kappa shape index (κ1) is 6.72. The van der Waals surface area contributed by atoms with Crippen molar-refractivity contribution in [1.82, 2.24) is 0 Å². The first-order valence-electron chi connectivity index (χ1n) is 1.46. The average Bonchev–Trinajstić information content (AvgIpc) is 1.31. The molecule has 0 aromatic rings. The Morgan fingerprint density at radius 3 is 1.43 bits per heavy atom. The summed E-state index contributed by atoms with van der Waals surface area (Å²) in [5.74, 6) is -4.08. The van der Waals surface area contributed by atoms with E-state index in [1.165, 1.54) is 0 Å². The Balaban J connectivity index is 3.54. The van der Waals surface area contributed by atoms with E-state index in [9.17, 15) is 17.6 Å². The molecule has 1 radical (unpaired) electrons. The molecule has 0 N–H and O–H groups in total. The third kappa shape index (κ3) is 2.42. The van der Waals surface area contributed by atoms with Gasteiger partial charge in [0.25, 0.3) is 0 Å². The molecule has 0 nitrogen and oxygen atoms in total. The van der Waals surface area contributed by atoms with Crippen molar-refractivity contribution in [2.45, 2.75) is 12.3 Å². The highest BCUT2D eigenvalue weighted by molar-refractivity contribution is 4.69. The highest BCUT2D eigenvalue weighted by atomic mass is 19.3. The zero-order chi connectivity index (χ0) is 6.08. The molecule has 4 heteroatoms. The molecule has 0 saturated carbocycles. The molecule has 0 unspecified atom stereocenters. The normalized spacial score (nSPS) is 12.9. The van der Waals surface area contributed by atoms with Crippen LogP contribution in [0.1, 0.15) is 0 Å².